The van der Waals surface area contributed by atoms with Gasteiger partial charge in [0, 0.05) is 0 Å². The molecule has 0 saturated carbocycles. The molecule has 0 atom stereocenters. The van der Waals surface area contributed by atoms with Crippen LogP contribution < -0.4 is 0 Å². The predicted octanol–water partition coefficient (Wildman–Crippen LogP) is -1.76. The van der Waals surface area contributed by atoms with Crippen LogP contribution in [0, 0.1) is 0 Å². The Morgan fingerprint density at radius 1 is 1.11 bits per heavy atom. The van der Waals surface area contributed by atoms with Crippen LogP contribution in [0.3, 0.4) is 0 Å². The van der Waals surface area contributed by atoms with Crippen molar-refractivity contribution in [1.29, 1.82) is 0 Å². The molecule has 0 rings (SSSR count). The van der Waals surface area contributed by atoms with Crippen molar-refractivity contribution in [1.82, 2.24) is 0 Å². The molecule has 56 valence electrons. The van der Waals surface area contributed by atoms with Gasteiger partial charge in [0.05, 0.1) is 0 Å². The number of carbonyl (C=O) groups is 2. The largest absolute Gasteiger partial charge is 0.412 e. The smallest absolute Gasteiger partial charge is 0.299 e. The Bertz CT molecular complexity index is 79.1. The maximum Gasteiger partial charge on any atom is 0.299 e. The standard InChI is InChI=1S/C2H2O2.H2O3S.H2O/c3-1-2-4;1-4(2)3;/h1-2H;(H2,1,2,3);1H2. The molecule has 0 amide bonds. The molecule has 0 aliphatic rings. The van der Waals surface area contributed by atoms with Gasteiger partial charge in [0.2, 0.25) is 0 Å². The Hall–Kier alpha value is -0.630. The van der Waals surface area contributed by atoms with Gasteiger partial charge in [-0.3, -0.25) is 18.7 Å². The van der Waals surface area contributed by atoms with Gasteiger partial charge >= 0.3 is 0 Å². The fraction of sp³-hybridized carbons (Fsp3) is 0. The second kappa shape index (κ2) is 15.7. The van der Waals surface area contributed by atoms with E-state index < -0.39 is 11.4 Å². The molecule has 0 aliphatic heterocycles. The molecule has 0 bridgehead atoms. The zero-order chi connectivity index (χ0) is 6.99. The van der Waals surface area contributed by atoms with E-state index in [0.29, 0.717) is 0 Å². The molecule has 0 heterocycles. The van der Waals surface area contributed by atoms with Gasteiger partial charge in [0.1, 0.15) is 0 Å². The molecular weight excluding hydrogens is 152 g/mol. The van der Waals surface area contributed by atoms with Crippen LogP contribution in [0.2, 0.25) is 0 Å². The molecule has 0 spiro atoms. The van der Waals surface area contributed by atoms with E-state index in [9.17, 15) is 0 Å². The fourth-order valence-corrected chi connectivity index (χ4v) is 0. The predicted molar refractivity (Wildman–Crippen MR) is 29.1 cm³/mol. The Kier molecular flexibility index (Phi) is 27.4. The van der Waals surface area contributed by atoms with Crippen molar-refractivity contribution in [3.05, 3.63) is 0 Å². The molecule has 0 aromatic heterocycles. The van der Waals surface area contributed by atoms with Crippen LogP contribution in [0.15, 0.2) is 0 Å². The first kappa shape index (κ1) is 15.8. The topological polar surface area (TPSA) is 123 Å². The zero-order valence-electron chi connectivity index (χ0n) is 4.18. The minimum atomic E-state index is -2.61. The van der Waals surface area contributed by atoms with Gasteiger partial charge in [0.25, 0.3) is 11.4 Å². The number of hydrogen-bond acceptors (Lipinski definition) is 3. The van der Waals surface area contributed by atoms with Crippen molar-refractivity contribution in [3.8, 4) is 0 Å². The molecule has 0 fully saturated rings. The third-order valence-electron chi connectivity index (χ3n) is 0.0556. The van der Waals surface area contributed by atoms with E-state index in [-0.39, 0.29) is 18.0 Å². The summed E-state index contributed by atoms with van der Waals surface area (Å²) in [5, 5.41) is 0. The summed E-state index contributed by atoms with van der Waals surface area (Å²) in [7, 11) is 0. The summed E-state index contributed by atoms with van der Waals surface area (Å²) >= 11 is -2.61. The summed E-state index contributed by atoms with van der Waals surface area (Å²) in [6.07, 6.45) is 0.389. The second-order valence-corrected chi connectivity index (χ2v) is 0.964. The maximum absolute atomic E-state index is 8.81. The van der Waals surface area contributed by atoms with Gasteiger partial charge in [-0.1, -0.05) is 0 Å². The van der Waals surface area contributed by atoms with Crippen molar-refractivity contribution in [2.24, 2.45) is 0 Å². The lowest BCUT2D eigenvalue weighted by atomic mass is 10.9. The van der Waals surface area contributed by atoms with Crippen LogP contribution in [0.25, 0.3) is 0 Å². The van der Waals surface area contributed by atoms with Crippen molar-refractivity contribution in [3.63, 3.8) is 0 Å². The maximum atomic E-state index is 8.81. The summed E-state index contributed by atoms with van der Waals surface area (Å²) < 4.78 is 22.8. The van der Waals surface area contributed by atoms with Gasteiger partial charge in [-0.25, -0.2) is 0 Å². The number of carbonyl (C=O) groups excluding carboxylic acids is 2. The first-order valence-corrected chi connectivity index (χ1v) is 2.40. The Morgan fingerprint density at radius 2 is 1.22 bits per heavy atom. The van der Waals surface area contributed by atoms with Crippen LogP contribution in [0.1, 0.15) is 0 Å². The minimum absolute atomic E-state index is 0. The zero-order valence-corrected chi connectivity index (χ0v) is 5.00. The average Bonchev–Trinajstić information content (AvgIpc) is 1.65. The van der Waals surface area contributed by atoms with Crippen LogP contribution in [0.4, 0.5) is 0 Å². The molecule has 0 aliphatic carbocycles. The lowest BCUT2D eigenvalue weighted by Crippen LogP contribution is -1.74. The summed E-state index contributed by atoms with van der Waals surface area (Å²) in [5.41, 5.74) is 0. The Labute approximate surface area is 53.3 Å². The molecule has 4 N–H and O–H groups in total. The quantitative estimate of drug-likeness (QED) is 0.266. The van der Waals surface area contributed by atoms with E-state index in [1.165, 1.54) is 0 Å². The highest BCUT2D eigenvalue weighted by Crippen LogP contribution is 1.44. The SMILES string of the molecule is O.O=CC=O.O=S(O)O. The first-order valence-electron chi connectivity index (χ1n) is 1.34. The lowest BCUT2D eigenvalue weighted by Gasteiger charge is -1.59. The van der Waals surface area contributed by atoms with E-state index in [4.69, 9.17) is 22.9 Å². The second-order valence-electron chi connectivity index (χ2n) is 0.503. The molecule has 0 radical (unpaired) electrons. The van der Waals surface area contributed by atoms with Crippen LogP contribution in [-0.2, 0) is 21.0 Å². The molecular formula is C2H6O6S. The van der Waals surface area contributed by atoms with Gasteiger partial charge in [-0.2, -0.15) is 4.21 Å². The number of aldehydes is 2. The van der Waals surface area contributed by atoms with Gasteiger partial charge in [0.15, 0.2) is 12.6 Å². The van der Waals surface area contributed by atoms with Crippen LogP contribution in [0.5, 0.6) is 0 Å². The minimum Gasteiger partial charge on any atom is -0.412 e. The van der Waals surface area contributed by atoms with E-state index in [1.54, 1.807) is 0 Å². The van der Waals surface area contributed by atoms with Crippen molar-refractivity contribution in [2.75, 3.05) is 0 Å². The van der Waals surface area contributed by atoms with Crippen molar-refractivity contribution >= 4 is 23.9 Å². The van der Waals surface area contributed by atoms with E-state index in [0.717, 1.165) is 0 Å². The molecule has 6 nitrogen and oxygen atoms in total. The van der Waals surface area contributed by atoms with Crippen LogP contribution >= 0.6 is 0 Å². The normalized spacial score (nSPS) is 6.11. The third-order valence-corrected chi connectivity index (χ3v) is 0.0556. The lowest BCUT2D eigenvalue weighted by molar-refractivity contribution is -0.122. The molecule has 0 unspecified atom stereocenters. The number of hydrogen-bond donors (Lipinski definition) is 2. The summed E-state index contributed by atoms with van der Waals surface area (Å²) in [6, 6.07) is 0. The van der Waals surface area contributed by atoms with Crippen molar-refractivity contribution < 1.29 is 28.4 Å². The highest BCUT2D eigenvalue weighted by molar-refractivity contribution is 7.73. The monoisotopic (exact) mass is 158 g/mol. The summed E-state index contributed by atoms with van der Waals surface area (Å²) in [6.45, 7) is 0. The molecule has 0 aromatic rings. The van der Waals surface area contributed by atoms with Gasteiger partial charge in [-0.05, 0) is 0 Å². The molecule has 0 aromatic carbocycles. The van der Waals surface area contributed by atoms with E-state index >= 15 is 0 Å². The van der Waals surface area contributed by atoms with Gasteiger partial charge in [-0.15, -0.1) is 0 Å². The highest BCUT2D eigenvalue weighted by atomic mass is 32.2. The first-order chi connectivity index (χ1) is 3.65. The fourth-order valence-electron chi connectivity index (χ4n) is 0. The average molecular weight is 158 g/mol. The molecule has 0 saturated heterocycles. The van der Waals surface area contributed by atoms with Gasteiger partial charge < -0.3 is 5.48 Å². The van der Waals surface area contributed by atoms with E-state index in [1.807, 2.05) is 0 Å². The summed E-state index contributed by atoms with van der Waals surface area (Å²) in [5.74, 6) is 0. The van der Waals surface area contributed by atoms with E-state index in [2.05, 4.69) is 0 Å². The third kappa shape index (κ3) is 1550. The summed E-state index contributed by atoms with van der Waals surface area (Å²) in [4.78, 5) is 17.6. The Morgan fingerprint density at radius 3 is 1.22 bits per heavy atom. The Balaban J connectivity index is -0.0000000720. The van der Waals surface area contributed by atoms with Crippen LogP contribution in [-0.4, -0.2) is 31.4 Å². The van der Waals surface area contributed by atoms with Crippen molar-refractivity contribution in [2.45, 2.75) is 0 Å². The number of rotatable bonds is 1. The highest BCUT2D eigenvalue weighted by Gasteiger charge is 1.62. The molecule has 9 heavy (non-hydrogen) atoms. The molecule has 7 heteroatoms.